The van der Waals surface area contributed by atoms with E-state index in [-0.39, 0.29) is 11.3 Å². The van der Waals surface area contributed by atoms with Gasteiger partial charge in [-0.25, -0.2) is 0 Å². The number of aryl methyl sites for hydroxylation is 1. The van der Waals surface area contributed by atoms with Crippen LogP contribution in [0.25, 0.3) is 16.8 Å². The average Bonchev–Trinajstić information content (AvgIpc) is 3.29. The van der Waals surface area contributed by atoms with Crippen molar-refractivity contribution in [2.45, 2.75) is 38.0 Å². The van der Waals surface area contributed by atoms with Gasteiger partial charge in [0.25, 0.3) is 0 Å². The maximum Gasteiger partial charge on any atom is 0.235 e. The Kier molecular flexibility index (Phi) is 2.78. The lowest BCUT2D eigenvalue weighted by Gasteiger charge is -2.20. The Morgan fingerprint density at radius 3 is 2.80 bits per heavy atom. The summed E-state index contributed by atoms with van der Waals surface area (Å²) in [5, 5.41) is 11.3. The van der Waals surface area contributed by atoms with Crippen LogP contribution in [0.1, 0.15) is 36.8 Å². The summed E-state index contributed by atoms with van der Waals surface area (Å²) in [7, 11) is 0. The SMILES string of the molecule is Cc1ccn2c(N)nnc2c1-c1ccc2c(c1)NC(=O)C21CCCC1. The topological polar surface area (TPSA) is 85.3 Å². The molecule has 1 fully saturated rings. The standard InChI is InChI=1S/C19H19N5O/c1-11-6-9-24-16(22-23-18(24)20)15(11)12-4-5-13-14(10-12)21-17(25)19(13)7-2-3-8-19/h4-6,9-10H,2-3,7-8H2,1H3,(H2,20,23)(H,21,25). The molecule has 5 rings (SSSR count). The van der Waals surface area contributed by atoms with E-state index < -0.39 is 0 Å². The Labute approximate surface area is 145 Å². The van der Waals surface area contributed by atoms with Gasteiger partial charge in [0, 0.05) is 17.4 Å². The number of hydrogen-bond acceptors (Lipinski definition) is 4. The predicted octanol–water partition coefficient (Wildman–Crippen LogP) is 3.05. The normalized spacial score (nSPS) is 18.0. The summed E-state index contributed by atoms with van der Waals surface area (Å²) in [6.45, 7) is 2.05. The highest BCUT2D eigenvalue weighted by Crippen LogP contribution is 2.49. The molecule has 1 saturated carbocycles. The minimum Gasteiger partial charge on any atom is -0.368 e. The highest BCUT2D eigenvalue weighted by Gasteiger charge is 2.48. The van der Waals surface area contributed by atoms with E-state index >= 15 is 0 Å². The molecule has 0 saturated heterocycles. The van der Waals surface area contributed by atoms with Gasteiger partial charge in [-0.2, -0.15) is 0 Å². The van der Waals surface area contributed by atoms with Crippen molar-refractivity contribution in [1.29, 1.82) is 0 Å². The summed E-state index contributed by atoms with van der Waals surface area (Å²) in [6, 6.07) is 8.27. The fourth-order valence-corrected chi connectivity index (χ4v) is 4.48. The molecule has 0 radical (unpaired) electrons. The van der Waals surface area contributed by atoms with E-state index in [4.69, 9.17) is 5.73 Å². The van der Waals surface area contributed by atoms with Crippen molar-refractivity contribution in [3.63, 3.8) is 0 Å². The lowest BCUT2D eigenvalue weighted by molar-refractivity contribution is -0.120. The largest absolute Gasteiger partial charge is 0.368 e. The quantitative estimate of drug-likeness (QED) is 0.717. The van der Waals surface area contributed by atoms with Crippen molar-refractivity contribution in [3.8, 4) is 11.1 Å². The summed E-state index contributed by atoms with van der Waals surface area (Å²) in [5.74, 6) is 0.523. The lowest BCUT2D eigenvalue weighted by atomic mass is 9.79. The van der Waals surface area contributed by atoms with E-state index in [9.17, 15) is 4.79 Å². The fraction of sp³-hybridized carbons (Fsp3) is 0.316. The molecule has 1 aliphatic carbocycles. The van der Waals surface area contributed by atoms with Gasteiger partial charge in [-0.1, -0.05) is 25.0 Å². The number of aromatic nitrogens is 3. The van der Waals surface area contributed by atoms with Crippen LogP contribution in [-0.2, 0) is 10.2 Å². The van der Waals surface area contributed by atoms with E-state index in [2.05, 4.69) is 33.7 Å². The molecule has 3 aromatic rings. The molecular formula is C19H19N5O. The van der Waals surface area contributed by atoms with Crippen molar-refractivity contribution in [1.82, 2.24) is 14.6 Å². The molecular weight excluding hydrogens is 314 g/mol. The molecule has 6 heteroatoms. The first-order valence-corrected chi connectivity index (χ1v) is 8.66. The summed E-state index contributed by atoms with van der Waals surface area (Å²) in [5.41, 5.74) is 11.5. The maximum absolute atomic E-state index is 12.6. The summed E-state index contributed by atoms with van der Waals surface area (Å²) >= 11 is 0. The van der Waals surface area contributed by atoms with Crippen LogP contribution in [-0.4, -0.2) is 20.5 Å². The van der Waals surface area contributed by atoms with Gasteiger partial charge in [-0.3, -0.25) is 9.20 Å². The molecule has 6 nitrogen and oxygen atoms in total. The number of carbonyl (C=O) groups is 1. The molecule has 3 N–H and O–H groups in total. The molecule has 25 heavy (non-hydrogen) atoms. The first-order chi connectivity index (χ1) is 12.1. The van der Waals surface area contributed by atoms with Crippen LogP contribution in [0.5, 0.6) is 0 Å². The van der Waals surface area contributed by atoms with Crippen molar-refractivity contribution in [3.05, 3.63) is 41.6 Å². The van der Waals surface area contributed by atoms with Crippen LogP contribution in [0.3, 0.4) is 0 Å². The Morgan fingerprint density at radius 1 is 1.20 bits per heavy atom. The minimum atomic E-state index is -0.311. The molecule has 0 unspecified atom stereocenters. The van der Waals surface area contributed by atoms with E-state index in [0.717, 1.165) is 59.3 Å². The van der Waals surface area contributed by atoms with Crippen molar-refractivity contribution >= 4 is 23.2 Å². The van der Waals surface area contributed by atoms with E-state index in [1.807, 2.05) is 19.2 Å². The van der Waals surface area contributed by atoms with Gasteiger partial charge in [0.05, 0.1) is 5.41 Å². The van der Waals surface area contributed by atoms with Crippen LogP contribution in [0.4, 0.5) is 11.6 Å². The number of amides is 1. The summed E-state index contributed by atoms with van der Waals surface area (Å²) in [4.78, 5) is 12.6. The highest BCUT2D eigenvalue weighted by atomic mass is 16.2. The van der Waals surface area contributed by atoms with E-state index in [1.54, 1.807) is 4.40 Å². The van der Waals surface area contributed by atoms with Crippen molar-refractivity contribution in [2.75, 3.05) is 11.1 Å². The Balaban J connectivity index is 1.70. The zero-order valence-electron chi connectivity index (χ0n) is 14.0. The number of rotatable bonds is 1. The third kappa shape index (κ3) is 1.82. The third-order valence-electron chi connectivity index (χ3n) is 5.78. The fourth-order valence-electron chi connectivity index (χ4n) is 4.48. The second kappa shape index (κ2) is 4.81. The van der Waals surface area contributed by atoms with Crippen LogP contribution in [0.2, 0.25) is 0 Å². The Morgan fingerprint density at radius 2 is 2.00 bits per heavy atom. The number of hydrogen-bond donors (Lipinski definition) is 2. The molecule has 1 aliphatic heterocycles. The predicted molar refractivity (Wildman–Crippen MR) is 96.3 cm³/mol. The highest BCUT2D eigenvalue weighted by molar-refractivity contribution is 6.07. The van der Waals surface area contributed by atoms with Gasteiger partial charge in [-0.05, 0) is 48.6 Å². The molecule has 0 bridgehead atoms. The third-order valence-corrected chi connectivity index (χ3v) is 5.78. The van der Waals surface area contributed by atoms with E-state index in [1.165, 1.54) is 0 Å². The second-order valence-electron chi connectivity index (χ2n) is 7.13. The first-order valence-electron chi connectivity index (χ1n) is 8.66. The zero-order valence-corrected chi connectivity index (χ0v) is 14.0. The van der Waals surface area contributed by atoms with Gasteiger partial charge in [0.2, 0.25) is 11.9 Å². The minimum absolute atomic E-state index is 0.152. The number of benzene rings is 1. The van der Waals surface area contributed by atoms with Crippen molar-refractivity contribution in [2.24, 2.45) is 0 Å². The number of carbonyl (C=O) groups excluding carboxylic acids is 1. The van der Waals surface area contributed by atoms with Gasteiger partial charge in [0.1, 0.15) is 0 Å². The van der Waals surface area contributed by atoms with Crippen LogP contribution >= 0.6 is 0 Å². The molecule has 2 aromatic heterocycles. The Bertz CT molecular complexity index is 1030. The molecule has 1 amide bonds. The molecule has 2 aliphatic rings. The summed E-state index contributed by atoms with van der Waals surface area (Å²) in [6.07, 6.45) is 6.01. The molecule has 126 valence electrons. The maximum atomic E-state index is 12.6. The van der Waals surface area contributed by atoms with Gasteiger partial charge in [-0.15, -0.1) is 10.2 Å². The molecule has 1 spiro atoms. The smallest absolute Gasteiger partial charge is 0.235 e. The van der Waals surface area contributed by atoms with Gasteiger partial charge in [0.15, 0.2) is 5.65 Å². The molecule has 1 aromatic carbocycles. The number of nitrogens with one attached hydrogen (secondary N) is 1. The van der Waals surface area contributed by atoms with Crippen LogP contribution < -0.4 is 11.1 Å². The van der Waals surface area contributed by atoms with Crippen LogP contribution in [0.15, 0.2) is 30.5 Å². The molecule has 3 heterocycles. The lowest BCUT2D eigenvalue weighted by Crippen LogP contribution is -2.30. The number of nitrogens with zero attached hydrogens (tertiary/aromatic N) is 3. The number of nitrogens with two attached hydrogens (primary N) is 1. The molecule has 0 atom stereocenters. The number of nitrogen functional groups attached to an aromatic ring is 1. The van der Waals surface area contributed by atoms with Gasteiger partial charge >= 0.3 is 0 Å². The summed E-state index contributed by atoms with van der Waals surface area (Å²) < 4.78 is 1.78. The number of pyridine rings is 1. The first kappa shape index (κ1) is 14.5. The van der Waals surface area contributed by atoms with E-state index in [0.29, 0.717) is 5.95 Å². The monoisotopic (exact) mass is 333 g/mol. The van der Waals surface area contributed by atoms with Crippen molar-refractivity contribution < 1.29 is 4.79 Å². The average molecular weight is 333 g/mol. The zero-order chi connectivity index (χ0) is 17.2. The van der Waals surface area contributed by atoms with Gasteiger partial charge < -0.3 is 11.1 Å². The van der Waals surface area contributed by atoms with Crippen LogP contribution in [0, 0.1) is 6.92 Å². The Hall–Kier alpha value is -2.89. The second-order valence-corrected chi connectivity index (χ2v) is 7.13. The number of anilines is 2. The number of fused-ring (bicyclic) bond motifs is 3.